The Morgan fingerprint density at radius 1 is 1.48 bits per heavy atom. The van der Waals surface area contributed by atoms with E-state index in [4.69, 9.17) is 20.9 Å². The van der Waals surface area contributed by atoms with E-state index < -0.39 is 0 Å². The van der Waals surface area contributed by atoms with Crippen molar-refractivity contribution in [1.82, 2.24) is 10.1 Å². The number of anilines is 1. The lowest BCUT2D eigenvalue weighted by Crippen LogP contribution is -2.39. The molecule has 0 saturated carbocycles. The molecule has 0 aliphatic carbocycles. The van der Waals surface area contributed by atoms with Crippen LogP contribution in [0.25, 0.3) is 0 Å². The molecule has 1 unspecified atom stereocenters. The van der Waals surface area contributed by atoms with Crippen molar-refractivity contribution in [1.29, 1.82) is 5.26 Å². The topological polar surface area (TPSA) is 75.2 Å². The van der Waals surface area contributed by atoms with Gasteiger partial charge in [0.05, 0.1) is 24.4 Å². The minimum Gasteiger partial charge on any atom is -0.366 e. The number of nitriles is 1. The van der Waals surface area contributed by atoms with E-state index in [-0.39, 0.29) is 6.10 Å². The van der Waals surface area contributed by atoms with Gasteiger partial charge in [0.25, 0.3) is 0 Å². The number of benzene rings is 1. The van der Waals surface area contributed by atoms with Gasteiger partial charge in [0.1, 0.15) is 12.2 Å². The van der Waals surface area contributed by atoms with Crippen molar-refractivity contribution >= 4 is 17.3 Å². The molecular weight excluding hydrogens is 292 g/mol. The number of aryl methyl sites for hydroxylation is 1. The molecule has 2 aromatic rings. The Kier molecular flexibility index (Phi) is 3.78. The van der Waals surface area contributed by atoms with Crippen molar-refractivity contribution in [2.75, 3.05) is 24.6 Å². The van der Waals surface area contributed by atoms with Crippen LogP contribution in [-0.4, -0.2) is 29.8 Å². The summed E-state index contributed by atoms with van der Waals surface area (Å²) < 4.78 is 10.7. The van der Waals surface area contributed by atoms with E-state index in [1.54, 1.807) is 25.1 Å². The maximum Gasteiger partial charge on any atom is 0.223 e. The fraction of sp³-hybridized carbons (Fsp3) is 0.357. The molecule has 1 atom stereocenters. The van der Waals surface area contributed by atoms with Crippen LogP contribution in [0.1, 0.15) is 23.4 Å². The lowest BCUT2D eigenvalue weighted by Gasteiger charge is -2.33. The Balaban J connectivity index is 1.86. The first-order chi connectivity index (χ1) is 10.2. The molecule has 108 valence electrons. The smallest absolute Gasteiger partial charge is 0.223 e. The van der Waals surface area contributed by atoms with Crippen LogP contribution in [0, 0.1) is 18.3 Å². The lowest BCUT2D eigenvalue weighted by molar-refractivity contribution is 0.0326. The van der Waals surface area contributed by atoms with Crippen LogP contribution in [0.5, 0.6) is 0 Å². The van der Waals surface area contributed by atoms with E-state index >= 15 is 0 Å². The van der Waals surface area contributed by atoms with Crippen molar-refractivity contribution in [3.63, 3.8) is 0 Å². The molecule has 21 heavy (non-hydrogen) atoms. The Hall–Kier alpha value is -2.10. The zero-order valence-electron chi connectivity index (χ0n) is 11.4. The number of hydrogen-bond acceptors (Lipinski definition) is 6. The maximum absolute atomic E-state index is 9.24. The number of morpholine rings is 1. The van der Waals surface area contributed by atoms with Gasteiger partial charge in [-0.15, -0.1) is 0 Å². The fourth-order valence-electron chi connectivity index (χ4n) is 2.33. The van der Waals surface area contributed by atoms with E-state index in [0.717, 1.165) is 5.69 Å². The largest absolute Gasteiger partial charge is 0.366 e. The van der Waals surface area contributed by atoms with Crippen molar-refractivity contribution in [2.45, 2.75) is 13.0 Å². The van der Waals surface area contributed by atoms with E-state index in [1.165, 1.54) is 0 Å². The number of halogens is 1. The minimum atomic E-state index is -0.276. The standard InChI is InChI=1S/C14H13ClN4O2/c1-9-17-14(18-21-9)13-8-19(4-5-20-13)12-6-11(15)3-2-10(12)7-16/h2-3,6,13H,4-5,8H2,1H3. The summed E-state index contributed by atoms with van der Waals surface area (Å²) in [4.78, 5) is 6.26. The Bertz CT molecular complexity index is 695. The van der Waals surface area contributed by atoms with Crippen LogP contribution in [0.4, 0.5) is 5.69 Å². The van der Waals surface area contributed by atoms with Crippen LogP contribution in [0.2, 0.25) is 5.02 Å². The highest BCUT2D eigenvalue weighted by Gasteiger charge is 2.27. The third kappa shape index (κ3) is 2.84. The SMILES string of the molecule is Cc1nc(C2CN(c3cc(Cl)ccc3C#N)CCO2)no1. The lowest BCUT2D eigenvalue weighted by atomic mass is 10.1. The molecule has 1 aromatic carbocycles. The second-order valence-corrected chi connectivity index (χ2v) is 5.19. The summed E-state index contributed by atoms with van der Waals surface area (Å²) in [6.07, 6.45) is -0.276. The summed E-state index contributed by atoms with van der Waals surface area (Å²) in [6.45, 7) is 3.49. The van der Waals surface area contributed by atoms with Crippen LogP contribution in [-0.2, 0) is 4.74 Å². The zero-order chi connectivity index (χ0) is 14.8. The van der Waals surface area contributed by atoms with Crippen LogP contribution in [0.15, 0.2) is 22.7 Å². The van der Waals surface area contributed by atoms with Crippen molar-refractivity contribution in [2.24, 2.45) is 0 Å². The number of rotatable bonds is 2. The zero-order valence-corrected chi connectivity index (χ0v) is 12.2. The molecule has 7 heteroatoms. The molecule has 0 amide bonds. The third-order valence-electron chi connectivity index (χ3n) is 3.32. The molecule has 0 N–H and O–H groups in total. The second-order valence-electron chi connectivity index (χ2n) is 4.75. The number of ether oxygens (including phenoxy) is 1. The van der Waals surface area contributed by atoms with E-state index in [9.17, 15) is 5.26 Å². The predicted molar refractivity (Wildman–Crippen MR) is 76.1 cm³/mol. The quantitative estimate of drug-likeness (QED) is 0.848. The van der Waals surface area contributed by atoms with E-state index in [0.29, 0.717) is 42.0 Å². The molecule has 0 bridgehead atoms. The van der Waals surface area contributed by atoms with Gasteiger partial charge in [-0.2, -0.15) is 10.2 Å². The highest BCUT2D eigenvalue weighted by atomic mass is 35.5. The van der Waals surface area contributed by atoms with Gasteiger partial charge in [0.2, 0.25) is 11.7 Å². The molecule has 3 rings (SSSR count). The van der Waals surface area contributed by atoms with Crippen molar-refractivity contribution < 1.29 is 9.26 Å². The average Bonchev–Trinajstić information content (AvgIpc) is 2.94. The second kappa shape index (κ2) is 5.72. The van der Waals surface area contributed by atoms with Crippen molar-refractivity contribution in [3.8, 4) is 6.07 Å². The summed E-state index contributed by atoms with van der Waals surface area (Å²) in [5.41, 5.74) is 1.39. The molecule has 1 saturated heterocycles. The first kappa shape index (κ1) is 13.9. The van der Waals surface area contributed by atoms with Gasteiger partial charge in [0.15, 0.2) is 0 Å². The summed E-state index contributed by atoms with van der Waals surface area (Å²) in [5, 5.41) is 13.7. The molecule has 1 fully saturated rings. The Labute approximate surface area is 126 Å². The molecule has 0 spiro atoms. The fourth-order valence-corrected chi connectivity index (χ4v) is 2.50. The summed E-state index contributed by atoms with van der Waals surface area (Å²) in [5.74, 6) is 1.03. The molecule has 2 heterocycles. The molecular formula is C14H13ClN4O2. The normalized spacial score (nSPS) is 18.5. The van der Waals surface area contributed by atoms with Crippen LogP contribution >= 0.6 is 11.6 Å². The first-order valence-electron chi connectivity index (χ1n) is 6.54. The molecule has 6 nitrogen and oxygen atoms in total. The first-order valence-corrected chi connectivity index (χ1v) is 6.91. The predicted octanol–water partition coefficient (Wildman–Crippen LogP) is 2.48. The molecule has 0 radical (unpaired) electrons. The third-order valence-corrected chi connectivity index (χ3v) is 3.55. The molecule has 1 aliphatic rings. The highest BCUT2D eigenvalue weighted by molar-refractivity contribution is 6.30. The maximum atomic E-state index is 9.24. The summed E-state index contributed by atoms with van der Waals surface area (Å²) >= 11 is 6.04. The highest BCUT2D eigenvalue weighted by Crippen LogP contribution is 2.29. The van der Waals surface area contributed by atoms with Gasteiger partial charge in [0, 0.05) is 18.5 Å². The van der Waals surface area contributed by atoms with Crippen LogP contribution in [0.3, 0.4) is 0 Å². The summed E-state index contributed by atoms with van der Waals surface area (Å²) in [7, 11) is 0. The van der Waals surface area contributed by atoms with E-state index in [2.05, 4.69) is 21.1 Å². The molecule has 1 aliphatic heterocycles. The average molecular weight is 305 g/mol. The summed E-state index contributed by atoms with van der Waals surface area (Å²) in [6, 6.07) is 7.42. The Morgan fingerprint density at radius 3 is 3.05 bits per heavy atom. The molecule has 1 aromatic heterocycles. The Morgan fingerprint density at radius 2 is 2.33 bits per heavy atom. The number of hydrogen-bond donors (Lipinski definition) is 0. The minimum absolute atomic E-state index is 0.276. The van der Waals surface area contributed by atoms with Gasteiger partial charge in [-0.25, -0.2) is 0 Å². The van der Waals surface area contributed by atoms with Gasteiger partial charge < -0.3 is 14.2 Å². The van der Waals surface area contributed by atoms with Crippen molar-refractivity contribution in [3.05, 3.63) is 40.5 Å². The van der Waals surface area contributed by atoms with Gasteiger partial charge in [-0.05, 0) is 18.2 Å². The van der Waals surface area contributed by atoms with Gasteiger partial charge in [-0.1, -0.05) is 16.8 Å². The number of nitrogens with zero attached hydrogens (tertiary/aromatic N) is 4. The monoisotopic (exact) mass is 304 g/mol. The van der Waals surface area contributed by atoms with Gasteiger partial charge in [-0.3, -0.25) is 0 Å². The van der Waals surface area contributed by atoms with E-state index in [1.807, 2.05) is 0 Å². The van der Waals surface area contributed by atoms with Crippen LogP contribution < -0.4 is 4.90 Å². The van der Waals surface area contributed by atoms with Gasteiger partial charge >= 0.3 is 0 Å². The number of aromatic nitrogens is 2.